The number of sulfonamides is 1. The molecule has 3 heterocycles. The Bertz CT molecular complexity index is 978. The van der Waals surface area contributed by atoms with E-state index in [-0.39, 0.29) is 12.5 Å². The maximum atomic E-state index is 12.3. The summed E-state index contributed by atoms with van der Waals surface area (Å²) in [6, 6.07) is 3.83. The second kappa shape index (κ2) is 7.71. The quantitative estimate of drug-likeness (QED) is 0.666. The fourth-order valence-electron chi connectivity index (χ4n) is 3.15. The Hall–Kier alpha value is -2.53. The number of piperazine rings is 1. The van der Waals surface area contributed by atoms with Crippen molar-refractivity contribution in [3.05, 3.63) is 24.2 Å². The highest BCUT2D eigenvalue weighted by atomic mass is 32.2. The van der Waals surface area contributed by atoms with Gasteiger partial charge >= 0.3 is 0 Å². The highest BCUT2D eigenvalue weighted by Crippen LogP contribution is 2.39. The molecular weight excluding hydrogens is 396 g/mol. The number of pyridine rings is 1. The minimum absolute atomic E-state index is 0.140. The molecule has 2 fully saturated rings. The van der Waals surface area contributed by atoms with Gasteiger partial charge in [-0.3, -0.25) is 4.79 Å². The van der Waals surface area contributed by atoms with Crippen molar-refractivity contribution in [2.45, 2.75) is 18.8 Å². The van der Waals surface area contributed by atoms with Crippen molar-refractivity contribution >= 4 is 21.7 Å². The van der Waals surface area contributed by atoms with Crippen LogP contribution in [0.3, 0.4) is 0 Å². The maximum Gasteiger partial charge on any atom is 0.238 e. The molecule has 1 saturated heterocycles. The van der Waals surface area contributed by atoms with Gasteiger partial charge in [0.15, 0.2) is 0 Å². The van der Waals surface area contributed by atoms with Gasteiger partial charge in [0.05, 0.1) is 12.8 Å². The molecule has 0 atom stereocenters. The maximum absolute atomic E-state index is 12.3. The summed E-state index contributed by atoms with van der Waals surface area (Å²) >= 11 is 0. The van der Waals surface area contributed by atoms with E-state index in [1.807, 2.05) is 12.1 Å². The molecule has 0 aromatic carbocycles. The van der Waals surface area contributed by atoms with Crippen molar-refractivity contribution in [1.29, 1.82) is 0 Å². The molecule has 0 spiro atoms. The Labute approximate surface area is 169 Å². The van der Waals surface area contributed by atoms with E-state index in [4.69, 9.17) is 4.52 Å². The number of aromatic nitrogens is 3. The lowest BCUT2D eigenvalue weighted by molar-refractivity contribution is -0.131. The number of likely N-dealkylation sites (N-methyl/N-ethyl adjacent to an activating group) is 1. The van der Waals surface area contributed by atoms with E-state index in [1.165, 1.54) is 7.05 Å². The van der Waals surface area contributed by atoms with Crippen LogP contribution in [0, 0.1) is 0 Å². The standard InChI is InChI=1S/C18H24N6O4S/c1-22(29(2,26)27)12-16(25)24-9-7-23(8-10-24)15-6-5-14(11-19-15)17-20-18(28-21-17)13-3-4-13/h5-6,11,13H,3-4,7-10,12H2,1-2H3. The van der Waals surface area contributed by atoms with Gasteiger partial charge < -0.3 is 14.3 Å². The summed E-state index contributed by atoms with van der Waals surface area (Å²) in [5.74, 6) is 2.30. The zero-order valence-electron chi connectivity index (χ0n) is 16.5. The van der Waals surface area contributed by atoms with E-state index < -0.39 is 10.0 Å². The van der Waals surface area contributed by atoms with Gasteiger partial charge in [0, 0.05) is 50.9 Å². The average molecular weight is 420 g/mol. The average Bonchev–Trinajstić information content (AvgIpc) is 3.44. The lowest BCUT2D eigenvalue weighted by Gasteiger charge is -2.36. The first kappa shape index (κ1) is 19.8. The zero-order chi connectivity index (χ0) is 20.6. The van der Waals surface area contributed by atoms with Crippen molar-refractivity contribution in [1.82, 2.24) is 24.3 Å². The number of carbonyl (C=O) groups excluding carboxylic acids is 1. The first-order chi connectivity index (χ1) is 13.8. The summed E-state index contributed by atoms with van der Waals surface area (Å²) in [7, 11) is -1.96. The fourth-order valence-corrected chi connectivity index (χ4v) is 3.49. The topological polar surface area (TPSA) is 113 Å². The number of hydrogen-bond donors (Lipinski definition) is 0. The van der Waals surface area contributed by atoms with Crippen LogP contribution in [0.15, 0.2) is 22.9 Å². The number of nitrogens with zero attached hydrogens (tertiary/aromatic N) is 6. The molecule has 10 nitrogen and oxygen atoms in total. The summed E-state index contributed by atoms with van der Waals surface area (Å²) in [6.45, 7) is 2.17. The van der Waals surface area contributed by atoms with Crippen LogP contribution < -0.4 is 4.90 Å². The summed E-state index contributed by atoms with van der Waals surface area (Å²) < 4.78 is 29.3. The summed E-state index contributed by atoms with van der Waals surface area (Å²) in [5, 5.41) is 4.03. The van der Waals surface area contributed by atoms with Gasteiger partial charge in [0.1, 0.15) is 5.82 Å². The zero-order valence-corrected chi connectivity index (χ0v) is 17.3. The van der Waals surface area contributed by atoms with Crippen LogP contribution in [-0.4, -0.2) is 84.7 Å². The minimum Gasteiger partial charge on any atom is -0.353 e. The third kappa shape index (κ3) is 4.56. The molecule has 2 aliphatic rings. The second-order valence-electron chi connectivity index (χ2n) is 7.52. The van der Waals surface area contributed by atoms with E-state index in [1.54, 1.807) is 11.1 Å². The van der Waals surface area contributed by atoms with E-state index in [9.17, 15) is 13.2 Å². The Morgan fingerprint density at radius 2 is 1.97 bits per heavy atom. The third-order valence-electron chi connectivity index (χ3n) is 5.25. The monoisotopic (exact) mass is 420 g/mol. The van der Waals surface area contributed by atoms with Crippen LogP contribution >= 0.6 is 0 Å². The number of hydrogen-bond acceptors (Lipinski definition) is 8. The van der Waals surface area contributed by atoms with Crippen LogP contribution in [0.1, 0.15) is 24.7 Å². The smallest absolute Gasteiger partial charge is 0.238 e. The van der Waals surface area contributed by atoms with Crippen molar-refractivity contribution in [2.75, 3.05) is 50.9 Å². The van der Waals surface area contributed by atoms with Gasteiger partial charge in [-0.15, -0.1) is 0 Å². The number of rotatable bonds is 6. The van der Waals surface area contributed by atoms with Gasteiger partial charge in [0.25, 0.3) is 0 Å². The van der Waals surface area contributed by atoms with Crippen molar-refractivity contribution in [3.63, 3.8) is 0 Å². The fraction of sp³-hybridized carbons (Fsp3) is 0.556. The van der Waals surface area contributed by atoms with Crippen molar-refractivity contribution in [3.8, 4) is 11.4 Å². The summed E-state index contributed by atoms with van der Waals surface area (Å²) in [6.07, 6.45) is 5.04. The van der Waals surface area contributed by atoms with Crippen LogP contribution in [0.25, 0.3) is 11.4 Å². The van der Waals surface area contributed by atoms with Crippen molar-refractivity contribution < 1.29 is 17.7 Å². The molecule has 29 heavy (non-hydrogen) atoms. The van der Waals surface area contributed by atoms with Crippen LogP contribution in [0.2, 0.25) is 0 Å². The SMILES string of the molecule is CN(CC(=O)N1CCN(c2ccc(-c3noc(C4CC4)n3)cn2)CC1)S(C)(=O)=O. The van der Waals surface area contributed by atoms with E-state index in [2.05, 4.69) is 20.0 Å². The minimum atomic E-state index is -3.37. The molecule has 0 N–H and O–H groups in total. The van der Waals surface area contributed by atoms with Gasteiger partial charge in [0.2, 0.25) is 27.6 Å². The molecule has 0 unspecified atom stereocenters. The number of anilines is 1. The summed E-state index contributed by atoms with van der Waals surface area (Å²) in [5.41, 5.74) is 0.807. The molecule has 1 saturated carbocycles. The van der Waals surface area contributed by atoms with Crippen LogP contribution in [0.5, 0.6) is 0 Å². The van der Waals surface area contributed by atoms with Crippen molar-refractivity contribution in [2.24, 2.45) is 0 Å². The first-order valence-electron chi connectivity index (χ1n) is 9.55. The molecule has 2 aromatic rings. The molecule has 1 aliphatic carbocycles. The highest BCUT2D eigenvalue weighted by Gasteiger charge is 2.30. The van der Waals surface area contributed by atoms with E-state index in [0.29, 0.717) is 43.8 Å². The molecule has 1 aliphatic heterocycles. The predicted molar refractivity (Wildman–Crippen MR) is 106 cm³/mol. The van der Waals surface area contributed by atoms with E-state index >= 15 is 0 Å². The Kier molecular flexibility index (Phi) is 5.26. The van der Waals surface area contributed by atoms with Gasteiger partial charge in [-0.05, 0) is 25.0 Å². The highest BCUT2D eigenvalue weighted by molar-refractivity contribution is 7.88. The second-order valence-corrected chi connectivity index (χ2v) is 9.61. The molecule has 1 amide bonds. The Balaban J connectivity index is 1.33. The number of amides is 1. The molecule has 2 aromatic heterocycles. The number of carbonyl (C=O) groups is 1. The molecule has 11 heteroatoms. The molecule has 4 rings (SSSR count). The Morgan fingerprint density at radius 1 is 1.24 bits per heavy atom. The largest absolute Gasteiger partial charge is 0.353 e. The van der Waals surface area contributed by atoms with Gasteiger partial charge in [-0.25, -0.2) is 13.4 Å². The van der Waals surface area contributed by atoms with Crippen LogP contribution in [-0.2, 0) is 14.8 Å². The van der Waals surface area contributed by atoms with Gasteiger partial charge in [-0.2, -0.15) is 9.29 Å². The lowest BCUT2D eigenvalue weighted by atomic mass is 10.2. The van der Waals surface area contributed by atoms with Crippen LogP contribution in [0.4, 0.5) is 5.82 Å². The normalized spacial score (nSPS) is 17.8. The third-order valence-corrected chi connectivity index (χ3v) is 6.52. The molecule has 0 bridgehead atoms. The predicted octanol–water partition coefficient (Wildman–Crippen LogP) is 0.549. The molecular formula is C18H24N6O4S. The first-order valence-corrected chi connectivity index (χ1v) is 11.4. The van der Waals surface area contributed by atoms with Gasteiger partial charge in [-0.1, -0.05) is 5.16 Å². The van der Waals surface area contributed by atoms with E-state index in [0.717, 1.165) is 34.8 Å². The lowest BCUT2D eigenvalue weighted by Crippen LogP contribution is -2.51. The summed E-state index contributed by atoms with van der Waals surface area (Å²) in [4.78, 5) is 25.0. The molecule has 0 radical (unpaired) electrons. The Morgan fingerprint density at radius 3 is 2.55 bits per heavy atom. The molecule has 156 valence electrons.